The Kier molecular flexibility index (Phi) is 4.50. The van der Waals surface area contributed by atoms with Crippen molar-refractivity contribution < 1.29 is 4.92 Å². The Labute approximate surface area is 124 Å². The van der Waals surface area contributed by atoms with Gasteiger partial charge in [-0.3, -0.25) is 10.1 Å². The van der Waals surface area contributed by atoms with Crippen molar-refractivity contribution in [2.24, 2.45) is 0 Å². The first-order valence-corrected chi connectivity index (χ1v) is 7.18. The molecule has 0 radical (unpaired) electrons. The van der Waals surface area contributed by atoms with Crippen LogP contribution in [0.1, 0.15) is 25.7 Å². The molecule has 5 nitrogen and oxygen atoms in total. The second-order valence-corrected chi connectivity index (χ2v) is 6.03. The van der Waals surface area contributed by atoms with Gasteiger partial charge in [-0.2, -0.15) is 0 Å². The van der Waals surface area contributed by atoms with Crippen LogP contribution >= 0.6 is 11.6 Å². The summed E-state index contributed by atoms with van der Waals surface area (Å²) in [6.45, 7) is 0.696. The van der Waals surface area contributed by atoms with Crippen molar-refractivity contribution >= 4 is 23.0 Å². The minimum atomic E-state index is -0.379. The lowest BCUT2D eigenvalue weighted by molar-refractivity contribution is -0.384. The Morgan fingerprint density at radius 2 is 2.05 bits per heavy atom. The molecule has 0 unspecified atom stereocenters. The van der Waals surface area contributed by atoms with E-state index in [4.69, 9.17) is 11.6 Å². The van der Waals surface area contributed by atoms with Crippen molar-refractivity contribution in [3.63, 3.8) is 0 Å². The lowest BCUT2D eigenvalue weighted by Gasteiger charge is -2.36. The molecule has 1 aromatic rings. The van der Waals surface area contributed by atoms with Crippen LogP contribution in [0.15, 0.2) is 18.2 Å². The van der Waals surface area contributed by atoms with E-state index < -0.39 is 0 Å². The standard InChI is InChI=1S/C14H20ClN3O2/c1-17(2)14(7-3-4-8-14)10-16-12-9-11(15)5-6-13(12)18(19)20/h5-6,9,16H,3-4,7-8,10H2,1-2H3. The van der Waals surface area contributed by atoms with E-state index in [0.29, 0.717) is 17.3 Å². The molecule has 20 heavy (non-hydrogen) atoms. The Morgan fingerprint density at radius 3 is 2.60 bits per heavy atom. The number of benzene rings is 1. The van der Waals surface area contributed by atoms with Crippen LogP contribution in [0.2, 0.25) is 5.02 Å². The largest absolute Gasteiger partial charge is 0.378 e. The van der Waals surface area contributed by atoms with E-state index in [1.165, 1.54) is 18.9 Å². The quantitative estimate of drug-likeness (QED) is 0.667. The maximum absolute atomic E-state index is 11.1. The summed E-state index contributed by atoms with van der Waals surface area (Å²) >= 11 is 5.94. The second-order valence-electron chi connectivity index (χ2n) is 5.60. The van der Waals surface area contributed by atoms with Crippen LogP contribution in [0.25, 0.3) is 0 Å². The van der Waals surface area contributed by atoms with E-state index in [1.54, 1.807) is 12.1 Å². The summed E-state index contributed by atoms with van der Waals surface area (Å²) in [7, 11) is 4.14. The summed E-state index contributed by atoms with van der Waals surface area (Å²) in [6, 6.07) is 4.61. The topological polar surface area (TPSA) is 58.4 Å². The molecule has 0 spiro atoms. The number of halogens is 1. The number of hydrogen-bond acceptors (Lipinski definition) is 4. The maximum atomic E-state index is 11.1. The van der Waals surface area contributed by atoms with Crippen molar-refractivity contribution in [3.8, 4) is 0 Å². The van der Waals surface area contributed by atoms with Crippen LogP contribution in [0.3, 0.4) is 0 Å². The first kappa shape index (κ1) is 15.1. The zero-order chi connectivity index (χ0) is 14.8. The number of nitro benzene ring substituents is 1. The highest BCUT2D eigenvalue weighted by atomic mass is 35.5. The third-order valence-corrected chi connectivity index (χ3v) is 4.48. The first-order valence-electron chi connectivity index (χ1n) is 6.80. The fourth-order valence-corrected chi connectivity index (χ4v) is 3.06. The highest BCUT2D eigenvalue weighted by Crippen LogP contribution is 2.35. The summed E-state index contributed by atoms with van der Waals surface area (Å²) in [4.78, 5) is 12.9. The Hall–Kier alpha value is -1.33. The van der Waals surface area contributed by atoms with Crippen LogP contribution in [-0.2, 0) is 0 Å². The van der Waals surface area contributed by atoms with Crippen LogP contribution in [0, 0.1) is 10.1 Å². The molecule has 0 aliphatic heterocycles. The van der Waals surface area contributed by atoms with Gasteiger partial charge in [-0.25, -0.2) is 0 Å². The molecule has 1 saturated carbocycles. The summed E-state index contributed by atoms with van der Waals surface area (Å²) in [6.07, 6.45) is 4.64. The number of anilines is 1. The zero-order valence-electron chi connectivity index (χ0n) is 11.9. The van der Waals surface area contributed by atoms with Crippen molar-refractivity contribution in [1.82, 2.24) is 4.90 Å². The summed E-state index contributed by atoms with van der Waals surface area (Å²) in [5.74, 6) is 0. The van der Waals surface area contributed by atoms with E-state index in [2.05, 4.69) is 24.3 Å². The van der Waals surface area contributed by atoms with Crippen molar-refractivity contribution in [1.29, 1.82) is 0 Å². The van der Waals surface area contributed by atoms with E-state index in [1.807, 2.05) is 0 Å². The van der Waals surface area contributed by atoms with E-state index in [9.17, 15) is 10.1 Å². The van der Waals surface area contributed by atoms with E-state index in [-0.39, 0.29) is 16.1 Å². The molecule has 2 rings (SSSR count). The molecular weight excluding hydrogens is 278 g/mol. The average Bonchev–Trinajstić information content (AvgIpc) is 2.86. The molecule has 0 bridgehead atoms. The molecule has 0 amide bonds. The highest BCUT2D eigenvalue weighted by molar-refractivity contribution is 6.31. The Balaban J connectivity index is 2.17. The van der Waals surface area contributed by atoms with Crippen molar-refractivity contribution in [3.05, 3.63) is 33.3 Å². The number of nitrogens with one attached hydrogen (secondary N) is 1. The van der Waals surface area contributed by atoms with Gasteiger partial charge in [0.1, 0.15) is 5.69 Å². The van der Waals surface area contributed by atoms with Gasteiger partial charge in [0.2, 0.25) is 0 Å². The number of nitro groups is 1. The Morgan fingerprint density at radius 1 is 1.40 bits per heavy atom. The number of hydrogen-bond donors (Lipinski definition) is 1. The van der Waals surface area contributed by atoms with Crippen molar-refractivity contribution in [2.75, 3.05) is 26.0 Å². The molecule has 6 heteroatoms. The van der Waals surface area contributed by atoms with E-state index >= 15 is 0 Å². The van der Waals surface area contributed by atoms with Crippen molar-refractivity contribution in [2.45, 2.75) is 31.2 Å². The lowest BCUT2D eigenvalue weighted by Crippen LogP contribution is -2.47. The SMILES string of the molecule is CN(C)C1(CNc2cc(Cl)ccc2[N+](=O)[O-])CCCC1. The van der Waals surface area contributed by atoms with Gasteiger partial charge in [0.25, 0.3) is 5.69 Å². The maximum Gasteiger partial charge on any atom is 0.292 e. The molecule has 1 aromatic carbocycles. The minimum absolute atomic E-state index is 0.0707. The summed E-state index contributed by atoms with van der Waals surface area (Å²) < 4.78 is 0. The van der Waals surface area contributed by atoms with Gasteiger partial charge in [-0.15, -0.1) is 0 Å². The highest BCUT2D eigenvalue weighted by Gasteiger charge is 2.36. The predicted molar refractivity (Wildman–Crippen MR) is 81.5 cm³/mol. The third-order valence-electron chi connectivity index (χ3n) is 4.25. The van der Waals surface area contributed by atoms with Crippen LogP contribution in [0.4, 0.5) is 11.4 Å². The molecule has 1 aliphatic carbocycles. The van der Waals surface area contributed by atoms with Gasteiger partial charge in [-0.1, -0.05) is 24.4 Å². The fourth-order valence-electron chi connectivity index (χ4n) is 2.88. The molecule has 1 fully saturated rings. The smallest absolute Gasteiger partial charge is 0.292 e. The first-order chi connectivity index (χ1) is 9.44. The summed E-state index contributed by atoms with van der Waals surface area (Å²) in [5.41, 5.74) is 0.646. The molecular formula is C14H20ClN3O2. The lowest BCUT2D eigenvalue weighted by atomic mass is 9.96. The number of nitrogens with zero attached hydrogens (tertiary/aromatic N) is 2. The molecule has 0 aromatic heterocycles. The van der Waals surface area contributed by atoms with Gasteiger partial charge < -0.3 is 10.2 Å². The van der Waals surface area contributed by atoms with Crippen LogP contribution < -0.4 is 5.32 Å². The van der Waals surface area contributed by atoms with E-state index in [0.717, 1.165) is 12.8 Å². The monoisotopic (exact) mass is 297 g/mol. The predicted octanol–water partition coefficient (Wildman–Crippen LogP) is 3.53. The number of rotatable bonds is 5. The van der Waals surface area contributed by atoms with Crippen LogP contribution in [-0.4, -0.2) is 36.0 Å². The normalized spacial score (nSPS) is 17.4. The van der Waals surface area contributed by atoms with Gasteiger partial charge >= 0.3 is 0 Å². The second kappa shape index (κ2) is 5.97. The number of likely N-dealkylation sites (N-methyl/N-ethyl adjacent to an activating group) is 1. The van der Waals surface area contributed by atoms with Gasteiger partial charge in [-0.05, 0) is 39.1 Å². The molecule has 1 aliphatic rings. The minimum Gasteiger partial charge on any atom is -0.378 e. The molecule has 110 valence electrons. The van der Waals surface area contributed by atoms with Gasteiger partial charge in [0, 0.05) is 23.2 Å². The molecule has 1 N–H and O–H groups in total. The summed E-state index contributed by atoms with van der Waals surface area (Å²) in [5, 5.41) is 14.8. The molecule has 0 heterocycles. The Bertz CT molecular complexity index is 499. The van der Waals surface area contributed by atoms with Crippen LogP contribution in [0.5, 0.6) is 0 Å². The third kappa shape index (κ3) is 3.04. The van der Waals surface area contributed by atoms with Gasteiger partial charge in [0.15, 0.2) is 0 Å². The average molecular weight is 298 g/mol. The zero-order valence-corrected chi connectivity index (χ0v) is 12.6. The molecule has 0 atom stereocenters. The fraction of sp³-hybridized carbons (Fsp3) is 0.571. The molecule has 0 saturated heterocycles. The van der Waals surface area contributed by atoms with Gasteiger partial charge in [0.05, 0.1) is 4.92 Å².